The Morgan fingerprint density at radius 1 is 1.17 bits per heavy atom. The summed E-state index contributed by atoms with van der Waals surface area (Å²) in [6.45, 7) is 6.56. The van der Waals surface area contributed by atoms with E-state index in [0.717, 1.165) is 32.3 Å². The first kappa shape index (κ1) is 21.0. The number of aryl methyl sites for hydroxylation is 2. The Hall–Kier alpha value is -2.28. The maximum absolute atomic E-state index is 13.5. The van der Waals surface area contributed by atoms with Crippen LogP contribution in [0.3, 0.4) is 0 Å². The molecule has 2 aromatic carbocycles. The maximum Gasteiger partial charge on any atom is 0.267 e. The van der Waals surface area contributed by atoms with Crippen LogP contribution in [-0.4, -0.2) is 16.2 Å². The lowest BCUT2D eigenvalue weighted by molar-refractivity contribution is 0.340. The number of thiophene rings is 1. The Bertz CT molecular complexity index is 1260. The zero-order chi connectivity index (χ0) is 21.3. The zero-order valence-corrected chi connectivity index (χ0v) is 19.3. The Balaban J connectivity index is 1.82. The molecule has 0 bridgehead atoms. The molecule has 2 heterocycles. The molecule has 0 atom stereocenters. The number of rotatable bonds is 6. The minimum atomic E-state index is -0.0420. The fraction of sp³-hybridized carbons (Fsp3) is 0.217. The van der Waals surface area contributed by atoms with E-state index in [2.05, 4.69) is 0 Å². The predicted octanol–water partition coefficient (Wildman–Crippen LogP) is 6.41. The molecule has 0 unspecified atom stereocenters. The van der Waals surface area contributed by atoms with Gasteiger partial charge in [0.25, 0.3) is 5.56 Å². The fourth-order valence-corrected chi connectivity index (χ4v) is 5.47. The molecule has 0 fully saturated rings. The number of hydrogen-bond donors (Lipinski definition) is 0. The molecule has 0 amide bonds. The van der Waals surface area contributed by atoms with Gasteiger partial charge in [-0.25, -0.2) is 4.98 Å². The van der Waals surface area contributed by atoms with Gasteiger partial charge in [-0.2, -0.15) is 0 Å². The van der Waals surface area contributed by atoms with Gasteiger partial charge in [0.1, 0.15) is 10.6 Å². The second-order valence-corrected chi connectivity index (χ2v) is 9.43. The second-order valence-electron chi connectivity index (χ2n) is 6.84. The molecule has 4 nitrogen and oxygen atoms in total. The fourth-order valence-electron chi connectivity index (χ4n) is 3.23. The SMILES string of the molecule is CCOc1ccc(-n2c(SCc3cccc(Cl)c3)nc3sc(C)c(C)c3c2=O)cc1. The van der Waals surface area contributed by atoms with Crippen LogP contribution in [0.5, 0.6) is 5.75 Å². The third kappa shape index (κ3) is 4.13. The van der Waals surface area contributed by atoms with Gasteiger partial charge < -0.3 is 4.74 Å². The molecular formula is C23H21ClN2O2S2. The number of nitrogens with zero attached hydrogens (tertiary/aromatic N) is 2. The molecule has 0 aliphatic heterocycles. The minimum absolute atomic E-state index is 0.0420. The van der Waals surface area contributed by atoms with Crippen LogP contribution in [0, 0.1) is 13.8 Å². The maximum atomic E-state index is 13.5. The van der Waals surface area contributed by atoms with E-state index < -0.39 is 0 Å². The molecule has 0 aliphatic carbocycles. The van der Waals surface area contributed by atoms with Gasteiger partial charge in [0.15, 0.2) is 5.16 Å². The van der Waals surface area contributed by atoms with E-state index in [-0.39, 0.29) is 5.56 Å². The predicted molar refractivity (Wildman–Crippen MR) is 127 cm³/mol. The van der Waals surface area contributed by atoms with E-state index in [0.29, 0.717) is 27.9 Å². The Morgan fingerprint density at radius 2 is 1.93 bits per heavy atom. The molecule has 30 heavy (non-hydrogen) atoms. The molecule has 0 N–H and O–H groups in total. The quantitative estimate of drug-likeness (QED) is 0.248. The summed E-state index contributed by atoms with van der Waals surface area (Å²) in [5, 5.41) is 2.06. The molecule has 2 aromatic heterocycles. The molecule has 4 aromatic rings. The van der Waals surface area contributed by atoms with Crippen molar-refractivity contribution in [3.63, 3.8) is 0 Å². The summed E-state index contributed by atoms with van der Waals surface area (Å²) in [5.74, 6) is 1.44. The van der Waals surface area contributed by atoms with E-state index in [9.17, 15) is 4.79 Å². The van der Waals surface area contributed by atoms with Gasteiger partial charge in [-0.1, -0.05) is 35.5 Å². The van der Waals surface area contributed by atoms with Crippen molar-refractivity contribution in [1.29, 1.82) is 0 Å². The summed E-state index contributed by atoms with van der Waals surface area (Å²) < 4.78 is 7.25. The van der Waals surface area contributed by atoms with Crippen LogP contribution in [0.2, 0.25) is 5.02 Å². The molecule has 4 rings (SSSR count). The van der Waals surface area contributed by atoms with Gasteiger partial charge in [-0.15, -0.1) is 11.3 Å². The number of aromatic nitrogens is 2. The van der Waals surface area contributed by atoms with E-state index in [1.54, 1.807) is 15.9 Å². The van der Waals surface area contributed by atoms with Crippen molar-refractivity contribution < 1.29 is 4.74 Å². The van der Waals surface area contributed by atoms with Crippen molar-refractivity contribution in [3.05, 3.63) is 79.9 Å². The number of hydrogen-bond acceptors (Lipinski definition) is 5. The van der Waals surface area contributed by atoms with E-state index >= 15 is 0 Å². The van der Waals surface area contributed by atoms with Crippen molar-refractivity contribution in [2.45, 2.75) is 31.7 Å². The van der Waals surface area contributed by atoms with Crippen molar-refractivity contribution in [2.75, 3.05) is 6.61 Å². The van der Waals surface area contributed by atoms with Gasteiger partial charge in [0.2, 0.25) is 0 Å². The molecule has 7 heteroatoms. The second kappa shape index (κ2) is 8.84. The largest absolute Gasteiger partial charge is 0.494 e. The van der Waals surface area contributed by atoms with Crippen LogP contribution in [0.4, 0.5) is 0 Å². The Labute approximate surface area is 188 Å². The van der Waals surface area contributed by atoms with Gasteiger partial charge in [-0.3, -0.25) is 9.36 Å². The third-order valence-corrected chi connectivity index (χ3v) is 7.18. The topological polar surface area (TPSA) is 44.1 Å². The first-order chi connectivity index (χ1) is 14.5. The van der Waals surface area contributed by atoms with Gasteiger partial charge in [0, 0.05) is 15.7 Å². The zero-order valence-electron chi connectivity index (χ0n) is 16.9. The highest BCUT2D eigenvalue weighted by Crippen LogP contribution is 2.31. The summed E-state index contributed by atoms with van der Waals surface area (Å²) in [6, 6.07) is 15.3. The summed E-state index contributed by atoms with van der Waals surface area (Å²) in [6.07, 6.45) is 0. The Morgan fingerprint density at radius 3 is 2.63 bits per heavy atom. The van der Waals surface area contributed by atoms with Crippen LogP contribution < -0.4 is 10.3 Å². The molecule has 0 saturated heterocycles. The van der Waals surface area contributed by atoms with Crippen LogP contribution in [0.25, 0.3) is 15.9 Å². The minimum Gasteiger partial charge on any atom is -0.494 e. The average molecular weight is 457 g/mol. The lowest BCUT2D eigenvalue weighted by atomic mass is 10.2. The van der Waals surface area contributed by atoms with Crippen molar-refractivity contribution in [3.8, 4) is 11.4 Å². The number of halogens is 1. The molecule has 0 spiro atoms. The van der Waals surface area contributed by atoms with Gasteiger partial charge in [0.05, 0.1) is 17.7 Å². The Kier molecular flexibility index (Phi) is 6.18. The summed E-state index contributed by atoms with van der Waals surface area (Å²) in [4.78, 5) is 20.3. The first-order valence-electron chi connectivity index (χ1n) is 9.61. The molecule has 0 aliphatic rings. The standard InChI is InChI=1S/C23H21ClN2O2S2/c1-4-28-19-10-8-18(9-11-19)26-22(27)20-14(2)15(3)30-21(20)25-23(26)29-13-16-6-5-7-17(24)12-16/h5-12H,4,13H2,1-3H3. The molecule has 154 valence electrons. The lowest BCUT2D eigenvalue weighted by Crippen LogP contribution is -2.21. The number of ether oxygens (including phenoxy) is 1. The number of thioether (sulfide) groups is 1. The third-order valence-electron chi connectivity index (χ3n) is 4.84. The molecule has 0 radical (unpaired) electrons. The van der Waals surface area contributed by atoms with Crippen molar-refractivity contribution >= 4 is 44.9 Å². The molecular weight excluding hydrogens is 436 g/mol. The number of benzene rings is 2. The van der Waals surface area contributed by atoms with Crippen LogP contribution >= 0.6 is 34.7 Å². The summed E-state index contributed by atoms with van der Waals surface area (Å²) in [7, 11) is 0. The average Bonchev–Trinajstić information content (AvgIpc) is 3.01. The van der Waals surface area contributed by atoms with Gasteiger partial charge >= 0.3 is 0 Å². The van der Waals surface area contributed by atoms with Gasteiger partial charge in [-0.05, 0) is 68.3 Å². The molecule has 0 saturated carbocycles. The van der Waals surface area contributed by atoms with E-state index in [1.165, 1.54) is 11.8 Å². The van der Waals surface area contributed by atoms with E-state index in [1.807, 2.05) is 69.3 Å². The lowest BCUT2D eigenvalue weighted by Gasteiger charge is -2.13. The van der Waals surface area contributed by atoms with Crippen LogP contribution in [-0.2, 0) is 5.75 Å². The van der Waals surface area contributed by atoms with Crippen LogP contribution in [0.1, 0.15) is 22.9 Å². The number of fused-ring (bicyclic) bond motifs is 1. The first-order valence-corrected chi connectivity index (χ1v) is 11.8. The normalized spacial score (nSPS) is 11.2. The van der Waals surface area contributed by atoms with Crippen molar-refractivity contribution in [2.24, 2.45) is 0 Å². The highest BCUT2D eigenvalue weighted by molar-refractivity contribution is 7.98. The van der Waals surface area contributed by atoms with Crippen molar-refractivity contribution in [1.82, 2.24) is 9.55 Å². The summed E-state index contributed by atoms with van der Waals surface area (Å²) >= 11 is 9.22. The smallest absolute Gasteiger partial charge is 0.267 e. The van der Waals surface area contributed by atoms with Crippen LogP contribution in [0.15, 0.2) is 58.5 Å². The highest BCUT2D eigenvalue weighted by Gasteiger charge is 2.18. The van der Waals surface area contributed by atoms with E-state index in [4.69, 9.17) is 21.3 Å². The highest BCUT2D eigenvalue weighted by atomic mass is 35.5. The summed E-state index contributed by atoms with van der Waals surface area (Å²) in [5.41, 5.74) is 2.81. The monoisotopic (exact) mass is 456 g/mol.